The van der Waals surface area contributed by atoms with Crippen molar-refractivity contribution in [1.82, 2.24) is 4.98 Å². The molecule has 1 atom stereocenters. The highest BCUT2D eigenvalue weighted by molar-refractivity contribution is 7.10. The predicted molar refractivity (Wildman–Crippen MR) is 64.6 cm³/mol. The van der Waals surface area contributed by atoms with Crippen LogP contribution in [0.5, 0.6) is 0 Å². The van der Waals surface area contributed by atoms with Crippen LogP contribution in [-0.4, -0.2) is 10.8 Å². The molecule has 0 bridgehead atoms. The largest absolute Gasteiger partial charge is 0.317 e. The van der Waals surface area contributed by atoms with Crippen molar-refractivity contribution in [3.63, 3.8) is 0 Å². The number of hydrogen-bond donors (Lipinski definition) is 1. The third-order valence-corrected chi connectivity index (χ3v) is 3.39. The molecule has 4 heteroatoms. The van der Waals surface area contributed by atoms with E-state index in [1.807, 2.05) is 30.5 Å². The Hall–Kier alpha value is -1.52. The molecule has 0 saturated heterocycles. The molecule has 1 unspecified atom stereocenters. The summed E-state index contributed by atoms with van der Waals surface area (Å²) in [4.78, 5) is 16.9. The Balaban J connectivity index is 2.30. The monoisotopic (exact) mass is 232 g/mol. The lowest BCUT2D eigenvalue weighted by molar-refractivity contribution is 0.0961. The Bertz CT molecular complexity index is 493. The number of nitrogens with zero attached hydrogens (tertiary/aromatic N) is 1. The number of aromatic nitrogens is 1. The number of nitrogens with two attached hydrogens (primary N) is 1. The number of pyridine rings is 1. The second-order valence-corrected chi connectivity index (χ2v) is 4.53. The second-order valence-electron chi connectivity index (χ2n) is 3.55. The maximum atomic E-state index is 12.1. The summed E-state index contributed by atoms with van der Waals surface area (Å²) in [6, 6.07) is 5.00. The molecule has 2 N–H and O–H groups in total. The van der Waals surface area contributed by atoms with Gasteiger partial charge in [0.25, 0.3) is 0 Å². The third-order valence-electron chi connectivity index (χ3n) is 2.44. The first-order chi connectivity index (χ1) is 7.70. The Morgan fingerprint density at radius 2 is 2.31 bits per heavy atom. The molecule has 2 aromatic heterocycles. The number of hydrogen-bond acceptors (Lipinski definition) is 4. The molecule has 0 amide bonds. The molecule has 0 spiro atoms. The molecule has 2 heterocycles. The van der Waals surface area contributed by atoms with Gasteiger partial charge in [-0.3, -0.25) is 9.78 Å². The molecule has 16 heavy (non-hydrogen) atoms. The van der Waals surface area contributed by atoms with Crippen LogP contribution in [0, 0.1) is 6.92 Å². The number of carbonyl (C=O) groups excluding carboxylic acids is 1. The van der Waals surface area contributed by atoms with Gasteiger partial charge in [-0.2, -0.15) is 0 Å². The van der Waals surface area contributed by atoms with E-state index < -0.39 is 6.04 Å². The third kappa shape index (κ3) is 2.03. The maximum absolute atomic E-state index is 12.1. The fourth-order valence-electron chi connectivity index (χ4n) is 1.49. The van der Waals surface area contributed by atoms with Crippen molar-refractivity contribution in [2.75, 3.05) is 0 Å². The average Bonchev–Trinajstić information content (AvgIpc) is 2.81. The first-order valence-electron chi connectivity index (χ1n) is 4.94. The number of aryl methyl sites for hydroxylation is 1. The van der Waals surface area contributed by atoms with E-state index in [1.54, 1.807) is 12.4 Å². The first-order valence-corrected chi connectivity index (χ1v) is 5.82. The first kappa shape index (κ1) is 11.0. The van der Waals surface area contributed by atoms with Crippen LogP contribution >= 0.6 is 11.3 Å². The lowest BCUT2D eigenvalue weighted by atomic mass is 10.0. The standard InChI is InChI=1S/C12H12N2OS/c1-8-4-5-14-7-9(8)12(15)11(13)10-3-2-6-16-10/h2-7,11H,13H2,1H3. The number of ketones is 1. The normalized spacial score (nSPS) is 12.4. The topological polar surface area (TPSA) is 56.0 Å². The van der Waals surface area contributed by atoms with Crippen molar-refractivity contribution in [1.29, 1.82) is 0 Å². The van der Waals surface area contributed by atoms with E-state index in [4.69, 9.17) is 5.73 Å². The second kappa shape index (κ2) is 4.55. The molecule has 0 aromatic carbocycles. The molecule has 0 aliphatic carbocycles. The van der Waals surface area contributed by atoms with Crippen LogP contribution in [0.1, 0.15) is 26.8 Å². The highest BCUT2D eigenvalue weighted by Crippen LogP contribution is 2.21. The summed E-state index contributed by atoms with van der Waals surface area (Å²) < 4.78 is 0. The summed E-state index contributed by atoms with van der Waals surface area (Å²) >= 11 is 1.49. The Labute approximate surface area is 97.9 Å². The van der Waals surface area contributed by atoms with Crippen LogP contribution in [0.15, 0.2) is 36.0 Å². The summed E-state index contributed by atoms with van der Waals surface area (Å²) in [5, 5.41) is 1.92. The SMILES string of the molecule is Cc1ccncc1C(=O)C(N)c1cccs1. The van der Waals surface area contributed by atoms with Crippen LogP contribution in [0.25, 0.3) is 0 Å². The van der Waals surface area contributed by atoms with Gasteiger partial charge in [0.15, 0.2) is 5.78 Å². The number of Topliss-reactive ketones (excluding diaryl/α,β-unsaturated/α-hetero) is 1. The minimum atomic E-state index is -0.581. The van der Waals surface area contributed by atoms with Crippen LogP contribution in [0.4, 0.5) is 0 Å². The van der Waals surface area contributed by atoms with Gasteiger partial charge in [0, 0.05) is 22.8 Å². The Morgan fingerprint density at radius 3 is 2.94 bits per heavy atom. The lowest BCUT2D eigenvalue weighted by Gasteiger charge is -2.09. The zero-order valence-corrected chi connectivity index (χ0v) is 9.70. The lowest BCUT2D eigenvalue weighted by Crippen LogP contribution is -2.21. The molecule has 0 saturated carbocycles. The molecular weight excluding hydrogens is 220 g/mol. The number of rotatable bonds is 3. The molecule has 0 radical (unpaired) electrons. The highest BCUT2D eigenvalue weighted by atomic mass is 32.1. The van der Waals surface area contributed by atoms with Crippen molar-refractivity contribution in [2.24, 2.45) is 5.73 Å². The van der Waals surface area contributed by atoms with Gasteiger partial charge in [0.05, 0.1) is 0 Å². The van der Waals surface area contributed by atoms with E-state index in [-0.39, 0.29) is 5.78 Å². The quantitative estimate of drug-likeness (QED) is 0.826. The predicted octanol–water partition coefficient (Wildman–Crippen LogP) is 2.33. The zero-order valence-electron chi connectivity index (χ0n) is 8.88. The van der Waals surface area contributed by atoms with Gasteiger partial charge in [0.1, 0.15) is 6.04 Å². The van der Waals surface area contributed by atoms with Crippen molar-refractivity contribution in [3.8, 4) is 0 Å². The van der Waals surface area contributed by atoms with Gasteiger partial charge in [0.2, 0.25) is 0 Å². The van der Waals surface area contributed by atoms with Crippen LogP contribution in [-0.2, 0) is 0 Å². The van der Waals surface area contributed by atoms with E-state index in [0.717, 1.165) is 10.4 Å². The molecule has 82 valence electrons. The van der Waals surface area contributed by atoms with Gasteiger partial charge < -0.3 is 5.73 Å². The molecule has 0 aliphatic heterocycles. The van der Waals surface area contributed by atoms with Crippen LogP contribution in [0.2, 0.25) is 0 Å². The van der Waals surface area contributed by atoms with Crippen LogP contribution < -0.4 is 5.73 Å². The molecule has 2 rings (SSSR count). The maximum Gasteiger partial charge on any atom is 0.186 e. The Kier molecular flexibility index (Phi) is 3.12. The summed E-state index contributed by atoms with van der Waals surface area (Å²) in [5.74, 6) is -0.0759. The van der Waals surface area contributed by atoms with Crippen molar-refractivity contribution in [3.05, 3.63) is 52.0 Å². The van der Waals surface area contributed by atoms with E-state index in [1.165, 1.54) is 11.3 Å². The minimum absolute atomic E-state index is 0.0759. The molecule has 0 fully saturated rings. The van der Waals surface area contributed by atoms with Gasteiger partial charge in [-0.1, -0.05) is 6.07 Å². The molecule has 3 nitrogen and oxygen atoms in total. The fourth-order valence-corrected chi connectivity index (χ4v) is 2.21. The Morgan fingerprint density at radius 1 is 1.50 bits per heavy atom. The summed E-state index contributed by atoms with van der Waals surface area (Å²) in [7, 11) is 0. The molecule has 2 aromatic rings. The number of carbonyl (C=O) groups is 1. The van der Waals surface area contributed by atoms with Crippen molar-refractivity contribution >= 4 is 17.1 Å². The molecule has 0 aliphatic rings. The van der Waals surface area contributed by atoms with E-state index in [2.05, 4.69) is 4.98 Å². The summed E-state index contributed by atoms with van der Waals surface area (Å²) in [5.41, 5.74) is 7.43. The smallest absolute Gasteiger partial charge is 0.186 e. The minimum Gasteiger partial charge on any atom is -0.317 e. The number of thiophene rings is 1. The summed E-state index contributed by atoms with van der Waals surface area (Å²) in [6.07, 6.45) is 3.24. The highest BCUT2D eigenvalue weighted by Gasteiger charge is 2.19. The van der Waals surface area contributed by atoms with Gasteiger partial charge in [-0.25, -0.2) is 0 Å². The van der Waals surface area contributed by atoms with Gasteiger partial charge in [-0.15, -0.1) is 11.3 Å². The van der Waals surface area contributed by atoms with Gasteiger partial charge in [-0.05, 0) is 30.0 Å². The van der Waals surface area contributed by atoms with Crippen LogP contribution in [0.3, 0.4) is 0 Å². The van der Waals surface area contributed by atoms with Crippen molar-refractivity contribution in [2.45, 2.75) is 13.0 Å². The molecular formula is C12H12N2OS. The summed E-state index contributed by atoms with van der Waals surface area (Å²) in [6.45, 7) is 1.88. The average molecular weight is 232 g/mol. The zero-order chi connectivity index (χ0) is 11.5. The van der Waals surface area contributed by atoms with Gasteiger partial charge >= 0.3 is 0 Å². The van der Waals surface area contributed by atoms with E-state index in [0.29, 0.717) is 5.56 Å². The fraction of sp³-hybridized carbons (Fsp3) is 0.167. The van der Waals surface area contributed by atoms with E-state index in [9.17, 15) is 4.79 Å². The van der Waals surface area contributed by atoms with E-state index >= 15 is 0 Å². The van der Waals surface area contributed by atoms with Crippen molar-refractivity contribution < 1.29 is 4.79 Å².